The number of hydrogen-bond donors (Lipinski definition) is 2. The molecule has 1 saturated heterocycles. The van der Waals surface area contributed by atoms with Crippen molar-refractivity contribution in [3.05, 3.63) is 46.7 Å². The van der Waals surface area contributed by atoms with Crippen LogP contribution in [0.2, 0.25) is 5.02 Å². The molecule has 8 nitrogen and oxygen atoms in total. The van der Waals surface area contributed by atoms with E-state index >= 15 is 0 Å². The van der Waals surface area contributed by atoms with Crippen molar-refractivity contribution >= 4 is 29.3 Å². The van der Waals surface area contributed by atoms with Gasteiger partial charge in [-0.3, -0.25) is 9.78 Å². The fourth-order valence-electron chi connectivity index (χ4n) is 3.46. The van der Waals surface area contributed by atoms with Crippen molar-refractivity contribution in [2.24, 2.45) is 7.05 Å². The molecule has 4 rings (SSSR count). The Hall–Kier alpha value is -2.63. The molecule has 0 radical (unpaired) electrons. The van der Waals surface area contributed by atoms with Crippen LogP contribution in [0.15, 0.2) is 24.4 Å². The first-order chi connectivity index (χ1) is 15.2. The molecule has 32 heavy (non-hydrogen) atoms. The molecule has 168 valence electrons. The fraction of sp³-hybridized carbons (Fsp3) is 0.350. The van der Waals surface area contributed by atoms with Crippen LogP contribution >= 0.6 is 23.4 Å². The number of tetrazole rings is 1. The second-order valence-corrected chi connectivity index (χ2v) is 9.07. The molecule has 0 bridgehead atoms. The van der Waals surface area contributed by atoms with Crippen LogP contribution in [0.3, 0.4) is 0 Å². The van der Waals surface area contributed by atoms with Crippen LogP contribution in [-0.4, -0.2) is 53.3 Å². The van der Waals surface area contributed by atoms with Crippen molar-refractivity contribution in [2.45, 2.75) is 25.0 Å². The summed E-state index contributed by atoms with van der Waals surface area (Å²) in [7, 11) is 1.54. The zero-order valence-corrected chi connectivity index (χ0v) is 18.7. The van der Waals surface area contributed by atoms with Crippen molar-refractivity contribution in [1.82, 2.24) is 30.5 Å². The summed E-state index contributed by atoms with van der Waals surface area (Å²) in [5.41, 5.74) is -0.974. The normalized spacial score (nSPS) is 19.2. The number of thioether (sulfide) groups is 1. The van der Waals surface area contributed by atoms with E-state index in [0.717, 1.165) is 6.07 Å². The summed E-state index contributed by atoms with van der Waals surface area (Å²) in [5.74, 6) is -0.967. The lowest BCUT2D eigenvalue weighted by Gasteiger charge is -2.23. The average Bonchev–Trinajstić information content (AvgIpc) is 3.36. The number of nitrogens with one attached hydrogen (secondary N) is 1. The van der Waals surface area contributed by atoms with Gasteiger partial charge in [0.1, 0.15) is 11.6 Å². The van der Waals surface area contributed by atoms with E-state index in [2.05, 4.69) is 25.7 Å². The standard InChI is InChI=1S/C20H19ClF2N6O2S/c1-10(25-19(30)20(31)3-4-32-9-20)17-15(23)5-11(8-24-17)13-6-12(21)7-14(22)16(13)18-26-28-29(2)27-18/h5-8,10,31H,3-4,9H2,1-2H3,(H,25,30)/t10-,20?/m1/s1. The zero-order chi connectivity index (χ0) is 23.0. The Balaban J connectivity index is 1.66. The first-order valence-electron chi connectivity index (χ1n) is 9.68. The number of benzene rings is 1. The zero-order valence-electron chi connectivity index (χ0n) is 17.1. The molecule has 2 atom stereocenters. The van der Waals surface area contributed by atoms with E-state index < -0.39 is 29.2 Å². The predicted octanol–water partition coefficient (Wildman–Crippen LogP) is 2.92. The van der Waals surface area contributed by atoms with Gasteiger partial charge in [0.25, 0.3) is 5.91 Å². The lowest BCUT2D eigenvalue weighted by Crippen LogP contribution is -2.47. The Kier molecular flexibility index (Phi) is 6.15. The lowest BCUT2D eigenvalue weighted by molar-refractivity contribution is -0.138. The molecule has 1 amide bonds. The molecule has 3 heterocycles. The van der Waals surface area contributed by atoms with Crippen molar-refractivity contribution in [3.8, 4) is 22.5 Å². The highest BCUT2D eigenvalue weighted by Gasteiger charge is 2.40. The van der Waals surface area contributed by atoms with Gasteiger partial charge in [0, 0.05) is 22.5 Å². The smallest absolute Gasteiger partial charge is 0.253 e. The highest BCUT2D eigenvalue weighted by Crippen LogP contribution is 2.35. The Labute approximate surface area is 191 Å². The second-order valence-electron chi connectivity index (χ2n) is 7.53. The third-order valence-electron chi connectivity index (χ3n) is 5.15. The van der Waals surface area contributed by atoms with Gasteiger partial charge in [-0.1, -0.05) is 11.6 Å². The van der Waals surface area contributed by atoms with Crippen LogP contribution in [0.5, 0.6) is 0 Å². The van der Waals surface area contributed by atoms with Gasteiger partial charge in [0.15, 0.2) is 5.60 Å². The van der Waals surface area contributed by atoms with Gasteiger partial charge in [-0.25, -0.2) is 8.78 Å². The summed E-state index contributed by atoms with van der Waals surface area (Å²) in [6.45, 7) is 1.57. The summed E-state index contributed by atoms with van der Waals surface area (Å²) in [5, 5.41) is 24.7. The largest absolute Gasteiger partial charge is 0.379 e. The topological polar surface area (TPSA) is 106 Å². The number of halogens is 3. The Bertz CT molecular complexity index is 1180. The van der Waals surface area contributed by atoms with Crippen LogP contribution < -0.4 is 5.32 Å². The molecule has 3 aromatic rings. The summed E-state index contributed by atoms with van der Waals surface area (Å²) in [6, 6.07) is 2.96. The summed E-state index contributed by atoms with van der Waals surface area (Å²) in [6.07, 6.45) is 1.69. The van der Waals surface area contributed by atoms with Crippen molar-refractivity contribution in [2.75, 3.05) is 11.5 Å². The van der Waals surface area contributed by atoms with Crippen LogP contribution in [-0.2, 0) is 11.8 Å². The molecule has 0 saturated carbocycles. The SMILES string of the molecule is C[C@@H](NC(=O)C1(O)CCSC1)c1ncc(-c2cc(Cl)cc(F)c2-c2nnn(C)n2)cc1F. The van der Waals surface area contributed by atoms with E-state index in [9.17, 15) is 18.7 Å². The Morgan fingerprint density at radius 2 is 2.12 bits per heavy atom. The first kappa shape index (κ1) is 22.6. The number of aryl methyl sites for hydroxylation is 1. The third-order valence-corrected chi connectivity index (χ3v) is 6.54. The van der Waals surface area contributed by atoms with E-state index in [1.807, 2.05) is 0 Å². The van der Waals surface area contributed by atoms with E-state index in [0.29, 0.717) is 17.9 Å². The number of pyridine rings is 1. The third kappa shape index (κ3) is 4.32. The molecule has 1 aromatic carbocycles. The van der Waals surface area contributed by atoms with E-state index in [1.54, 1.807) is 6.92 Å². The number of rotatable bonds is 5. The molecule has 1 aliphatic rings. The first-order valence-corrected chi connectivity index (χ1v) is 11.2. The minimum Gasteiger partial charge on any atom is -0.379 e. The van der Waals surface area contributed by atoms with Crippen molar-refractivity contribution in [3.63, 3.8) is 0 Å². The van der Waals surface area contributed by atoms with Gasteiger partial charge in [-0.05, 0) is 48.1 Å². The van der Waals surface area contributed by atoms with E-state index in [4.69, 9.17) is 11.6 Å². The van der Waals surface area contributed by atoms with E-state index in [1.165, 1.54) is 41.9 Å². The van der Waals surface area contributed by atoms with Gasteiger partial charge >= 0.3 is 0 Å². The number of aliphatic hydroxyl groups is 1. The molecule has 0 aliphatic carbocycles. The van der Waals surface area contributed by atoms with Gasteiger partial charge in [-0.2, -0.15) is 16.6 Å². The number of amides is 1. The monoisotopic (exact) mass is 480 g/mol. The number of nitrogens with zero attached hydrogens (tertiary/aromatic N) is 5. The summed E-state index contributed by atoms with van der Waals surface area (Å²) in [4.78, 5) is 17.8. The van der Waals surface area contributed by atoms with Crippen LogP contribution in [0.1, 0.15) is 25.1 Å². The molecule has 1 unspecified atom stereocenters. The fourth-order valence-corrected chi connectivity index (χ4v) is 4.90. The average molecular weight is 481 g/mol. The minimum atomic E-state index is -1.47. The molecular formula is C20H19ClF2N6O2S. The molecular weight excluding hydrogens is 462 g/mol. The maximum absolute atomic E-state index is 15.0. The number of hydrogen-bond acceptors (Lipinski definition) is 7. The maximum atomic E-state index is 15.0. The molecule has 1 aliphatic heterocycles. The minimum absolute atomic E-state index is 0.0127. The van der Waals surface area contributed by atoms with Gasteiger partial charge in [0.2, 0.25) is 5.82 Å². The van der Waals surface area contributed by atoms with Crippen LogP contribution in [0.4, 0.5) is 8.78 Å². The van der Waals surface area contributed by atoms with E-state index in [-0.39, 0.29) is 33.2 Å². The number of carbonyl (C=O) groups is 1. The number of carbonyl (C=O) groups excluding carboxylic acids is 1. The van der Waals surface area contributed by atoms with Crippen LogP contribution in [0.25, 0.3) is 22.5 Å². The Morgan fingerprint density at radius 3 is 2.75 bits per heavy atom. The van der Waals surface area contributed by atoms with Crippen LogP contribution in [0, 0.1) is 11.6 Å². The summed E-state index contributed by atoms with van der Waals surface area (Å²) < 4.78 is 29.7. The van der Waals surface area contributed by atoms with Gasteiger partial charge in [0.05, 0.1) is 24.3 Å². The molecule has 12 heteroatoms. The van der Waals surface area contributed by atoms with Crippen molar-refractivity contribution in [1.29, 1.82) is 0 Å². The summed E-state index contributed by atoms with van der Waals surface area (Å²) >= 11 is 7.51. The lowest BCUT2D eigenvalue weighted by atomic mass is 9.98. The predicted molar refractivity (Wildman–Crippen MR) is 116 cm³/mol. The maximum Gasteiger partial charge on any atom is 0.253 e. The molecule has 0 spiro atoms. The Morgan fingerprint density at radius 1 is 1.34 bits per heavy atom. The van der Waals surface area contributed by atoms with Crippen molar-refractivity contribution < 1.29 is 18.7 Å². The molecule has 2 N–H and O–H groups in total. The quantitative estimate of drug-likeness (QED) is 0.578. The van der Waals surface area contributed by atoms with Gasteiger partial charge < -0.3 is 10.4 Å². The van der Waals surface area contributed by atoms with Gasteiger partial charge in [-0.15, -0.1) is 10.2 Å². The highest BCUT2D eigenvalue weighted by atomic mass is 35.5. The second kappa shape index (κ2) is 8.72. The highest BCUT2D eigenvalue weighted by molar-refractivity contribution is 7.99. The molecule has 2 aromatic heterocycles. The molecule has 1 fully saturated rings. The number of aromatic nitrogens is 5.